The Balaban J connectivity index is 3.42. The number of ether oxygens (including phenoxy) is 1. The average molecular weight is 231 g/mol. The lowest BCUT2D eigenvalue weighted by Gasteiger charge is -2.08. The Morgan fingerprint density at radius 1 is 1.50 bits per heavy atom. The van der Waals surface area contributed by atoms with Gasteiger partial charge in [-0.3, -0.25) is 0 Å². The summed E-state index contributed by atoms with van der Waals surface area (Å²) in [5.41, 5.74) is 1.42. The van der Waals surface area contributed by atoms with Gasteiger partial charge < -0.3 is 9.94 Å². The third-order valence-corrected chi connectivity index (χ3v) is 2.48. The Kier molecular flexibility index (Phi) is 2.57. The molecule has 3 nitrogen and oxygen atoms in total. The molecule has 0 aromatic carbocycles. The second-order valence-corrected chi connectivity index (χ2v) is 3.26. The number of aromatic nitrogens is 1. The molecule has 1 heterocycles. The van der Waals surface area contributed by atoms with Crippen LogP contribution in [-0.4, -0.2) is 7.11 Å². The normalized spacial score (nSPS) is 10.0. The molecular formula is C8H9BrNO2. The predicted octanol–water partition coefficient (Wildman–Crippen LogP) is 1.51. The van der Waals surface area contributed by atoms with Crippen molar-refractivity contribution in [1.29, 1.82) is 0 Å². The van der Waals surface area contributed by atoms with Crippen LogP contribution in [0.15, 0.2) is 4.47 Å². The van der Waals surface area contributed by atoms with E-state index in [1.54, 1.807) is 14.0 Å². The zero-order valence-electron chi connectivity index (χ0n) is 7.14. The summed E-state index contributed by atoms with van der Waals surface area (Å²) in [5, 5.41) is 11.1. The molecule has 0 aliphatic rings. The van der Waals surface area contributed by atoms with Crippen molar-refractivity contribution in [1.82, 2.24) is 0 Å². The van der Waals surface area contributed by atoms with Crippen LogP contribution in [-0.2, 0) is 0 Å². The van der Waals surface area contributed by atoms with Crippen molar-refractivity contribution < 1.29 is 9.47 Å². The van der Waals surface area contributed by atoms with Crippen LogP contribution in [0.5, 0.6) is 5.75 Å². The molecular weight excluding hydrogens is 222 g/mol. The van der Waals surface area contributed by atoms with Crippen LogP contribution in [0.25, 0.3) is 0 Å². The number of hydrogen-bond donors (Lipinski definition) is 0. The summed E-state index contributed by atoms with van der Waals surface area (Å²) in [5.74, 6) is 0.607. The van der Waals surface area contributed by atoms with Crippen molar-refractivity contribution in [2.75, 3.05) is 7.11 Å². The topological polar surface area (TPSA) is 36.2 Å². The van der Waals surface area contributed by atoms with Crippen molar-refractivity contribution in [2.45, 2.75) is 13.8 Å². The zero-order valence-corrected chi connectivity index (χ0v) is 8.73. The molecule has 1 aromatic rings. The molecule has 0 unspecified atom stereocenters. The highest BCUT2D eigenvalue weighted by molar-refractivity contribution is 9.10. The minimum Gasteiger partial charge on any atom is -0.618 e. The summed E-state index contributed by atoms with van der Waals surface area (Å²) in [6.07, 6.45) is 2.58. The van der Waals surface area contributed by atoms with Crippen molar-refractivity contribution in [2.24, 2.45) is 0 Å². The summed E-state index contributed by atoms with van der Waals surface area (Å²) in [7, 11) is 1.54. The third-order valence-electron chi connectivity index (χ3n) is 1.71. The SMILES string of the molecule is COc1c(C)c(Br)[c][n+]([O-])c1C. The van der Waals surface area contributed by atoms with Gasteiger partial charge in [0.2, 0.25) is 5.69 Å². The Morgan fingerprint density at radius 3 is 2.58 bits per heavy atom. The standard InChI is InChI=1S/C8H9BrNO2/c1-5-7(9)4-10(11)6(2)8(5)12-3/h1-3H3. The van der Waals surface area contributed by atoms with Crippen LogP contribution in [0.4, 0.5) is 0 Å². The summed E-state index contributed by atoms with van der Waals surface area (Å²) in [6.45, 7) is 3.56. The van der Waals surface area contributed by atoms with Gasteiger partial charge in [0.25, 0.3) is 0 Å². The van der Waals surface area contributed by atoms with E-state index in [9.17, 15) is 5.21 Å². The van der Waals surface area contributed by atoms with Crippen LogP contribution in [0.2, 0.25) is 0 Å². The molecule has 0 saturated heterocycles. The molecule has 0 aliphatic heterocycles. The maximum atomic E-state index is 11.1. The summed E-state index contributed by atoms with van der Waals surface area (Å²) in [4.78, 5) is 0. The summed E-state index contributed by atoms with van der Waals surface area (Å²) in [6, 6.07) is 0. The monoisotopic (exact) mass is 230 g/mol. The van der Waals surface area contributed by atoms with Crippen LogP contribution in [0.3, 0.4) is 0 Å². The molecule has 4 heteroatoms. The Morgan fingerprint density at radius 2 is 2.08 bits per heavy atom. The fourth-order valence-electron chi connectivity index (χ4n) is 1.02. The molecule has 0 bridgehead atoms. The Labute approximate surface area is 79.7 Å². The highest BCUT2D eigenvalue weighted by atomic mass is 79.9. The maximum Gasteiger partial charge on any atom is 0.306 e. The van der Waals surface area contributed by atoms with Gasteiger partial charge in [-0.15, -0.1) is 0 Å². The highest BCUT2D eigenvalue weighted by Gasteiger charge is 2.15. The quantitative estimate of drug-likeness (QED) is 0.542. The molecule has 0 amide bonds. The summed E-state index contributed by atoms with van der Waals surface area (Å²) < 4.78 is 6.37. The maximum absolute atomic E-state index is 11.1. The molecule has 0 spiro atoms. The molecule has 0 atom stereocenters. The minimum absolute atomic E-state index is 0.526. The van der Waals surface area contributed by atoms with Crippen molar-refractivity contribution in [3.8, 4) is 5.75 Å². The lowest BCUT2D eigenvalue weighted by atomic mass is 10.2. The van der Waals surface area contributed by atoms with E-state index in [0.29, 0.717) is 20.6 Å². The van der Waals surface area contributed by atoms with Gasteiger partial charge in [-0.25, -0.2) is 0 Å². The van der Waals surface area contributed by atoms with Gasteiger partial charge in [-0.1, -0.05) is 0 Å². The van der Waals surface area contributed by atoms with E-state index >= 15 is 0 Å². The first kappa shape index (κ1) is 9.32. The Bertz CT molecular complexity index is 286. The molecule has 1 rings (SSSR count). The van der Waals surface area contributed by atoms with Gasteiger partial charge in [0.15, 0.2) is 5.75 Å². The molecule has 1 aromatic heterocycles. The predicted molar refractivity (Wildman–Crippen MR) is 48.0 cm³/mol. The Hall–Kier alpha value is -0.770. The number of methoxy groups -OCH3 is 1. The van der Waals surface area contributed by atoms with Gasteiger partial charge in [0.1, 0.15) is 4.47 Å². The second-order valence-electron chi connectivity index (χ2n) is 2.46. The number of rotatable bonds is 1. The molecule has 1 radical (unpaired) electrons. The largest absolute Gasteiger partial charge is 0.618 e. The van der Waals surface area contributed by atoms with E-state index in [-0.39, 0.29) is 0 Å². The molecule has 0 N–H and O–H groups in total. The average Bonchev–Trinajstić information content (AvgIpc) is 2.02. The van der Waals surface area contributed by atoms with E-state index in [1.165, 1.54) is 0 Å². The van der Waals surface area contributed by atoms with Crippen LogP contribution < -0.4 is 9.47 Å². The first-order chi connectivity index (χ1) is 5.57. The molecule has 65 valence electrons. The smallest absolute Gasteiger partial charge is 0.306 e. The van der Waals surface area contributed by atoms with Gasteiger partial charge in [-0.05, 0) is 22.9 Å². The van der Waals surface area contributed by atoms with Crippen LogP contribution >= 0.6 is 15.9 Å². The number of nitrogens with zero attached hydrogens (tertiary/aromatic N) is 1. The molecule has 0 fully saturated rings. The number of hydrogen-bond acceptors (Lipinski definition) is 2. The first-order valence-electron chi connectivity index (χ1n) is 3.43. The molecule has 12 heavy (non-hydrogen) atoms. The van der Waals surface area contributed by atoms with E-state index in [4.69, 9.17) is 4.74 Å². The fraction of sp³-hybridized carbons (Fsp3) is 0.375. The molecule has 0 saturated carbocycles. The van der Waals surface area contributed by atoms with Gasteiger partial charge in [0, 0.05) is 12.5 Å². The first-order valence-corrected chi connectivity index (χ1v) is 4.22. The van der Waals surface area contributed by atoms with Crippen LogP contribution in [0, 0.1) is 25.3 Å². The lowest BCUT2D eigenvalue weighted by Crippen LogP contribution is -2.31. The van der Waals surface area contributed by atoms with Crippen molar-refractivity contribution in [3.63, 3.8) is 0 Å². The lowest BCUT2D eigenvalue weighted by molar-refractivity contribution is -0.617. The van der Waals surface area contributed by atoms with E-state index in [1.807, 2.05) is 6.92 Å². The van der Waals surface area contributed by atoms with Gasteiger partial charge >= 0.3 is 6.20 Å². The van der Waals surface area contributed by atoms with Gasteiger partial charge in [0.05, 0.1) is 7.11 Å². The van der Waals surface area contributed by atoms with Gasteiger partial charge in [-0.2, -0.15) is 4.73 Å². The number of halogens is 1. The van der Waals surface area contributed by atoms with Crippen molar-refractivity contribution >= 4 is 15.9 Å². The van der Waals surface area contributed by atoms with E-state index in [2.05, 4.69) is 22.1 Å². The molecule has 0 aliphatic carbocycles. The zero-order chi connectivity index (χ0) is 9.30. The number of pyridine rings is 1. The van der Waals surface area contributed by atoms with Crippen molar-refractivity contribution in [3.05, 3.63) is 27.1 Å². The van der Waals surface area contributed by atoms with E-state index in [0.717, 1.165) is 5.56 Å². The summed E-state index contributed by atoms with van der Waals surface area (Å²) >= 11 is 3.22. The third kappa shape index (κ3) is 1.39. The minimum atomic E-state index is 0.526. The second kappa shape index (κ2) is 3.31. The fourth-order valence-corrected chi connectivity index (χ4v) is 1.36. The van der Waals surface area contributed by atoms with E-state index < -0.39 is 0 Å². The van der Waals surface area contributed by atoms with Crippen LogP contribution in [0.1, 0.15) is 11.3 Å². The highest BCUT2D eigenvalue weighted by Crippen LogP contribution is 2.25.